The molecule has 2 nitrogen and oxygen atoms in total. The molecule has 0 aromatic heterocycles. The van der Waals surface area contributed by atoms with E-state index >= 15 is 0 Å². The zero-order chi connectivity index (χ0) is 6.27. The summed E-state index contributed by atoms with van der Waals surface area (Å²) in [6.07, 6.45) is 2.27. The number of thioether (sulfide) groups is 1. The quantitative estimate of drug-likeness (QED) is 0.538. The lowest BCUT2D eigenvalue weighted by molar-refractivity contribution is 0.673. The highest BCUT2D eigenvalue weighted by Crippen LogP contribution is 2.34. The molecule has 9 heavy (non-hydrogen) atoms. The molecular formula is C6H10N2S. The lowest BCUT2D eigenvalue weighted by Crippen LogP contribution is -2.15. The molecule has 50 valence electrons. The fourth-order valence-electron chi connectivity index (χ4n) is 1.51. The van der Waals surface area contributed by atoms with Crippen molar-refractivity contribution in [3.63, 3.8) is 0 Å². The molecule has 0 aromatic rings. The number of aliphatic imine (C=N–C) groups is 1. The Balaban J connectivity index is 2.08. The van der Waals surface area contributed by atoms with Gasteiger partial charge >= 0.3 is 0 Å². The fraction of sp³-hybridized carbons (Fsp3) is 0.833. The number of nitrogens with zero attached hydrogens (tertiary/aromatic N) is 1. The summed E-state index contributed by atoms with van der Waals surface area (Å²) in [5.74, 6) is 0. The molecule has 1 fully saturated rings. The molecule has 1 saturated carbocycles. The van der Waals surface area contributed by atoms with Gasteiger partial charge in [0.15, 0.2) is 0 Å². The molecule has 3 unspecified atom stereocenters. The molecule has 3 heteroatoms. The van der Waals surface area contributed by atoms with E-state index in [9.17, 15) is 0 Å². The van der Waals surface area contributed by atoms with E-state index < -0.39 is 0 Å². The van der Waals surface area contributed by atoms with Gasteiger partial charge in [-0.15, -0.1) is 11.8 Å². The minimum absolute atomic E-state index is 0.421. The summed E-state index contributed by atoms with van der Waals surface area (Å²) in [5, 5.41) is 0.722. The van der Waals surface area contributed by atoms with Gasteiger partial charge in [0.1, 0.15) is 0 Å². The van der Waals surface area contributed by atoms with Gasteiger partial charge in [0.25, 0.3) is 0 Å². The molecule has 2 aliphatic rings. The van der Waals surface area contributed by atoms with Crippen LogP contribution in [-0.2, 0) is 0 Å². The van der Waals surface area contributed by atoms with Crippen LogP contribution in [0.4, 0.5) is 0 Å². The molecular weight excluding hydrogens is 132 g/mol. The Bertz CT molecular complexity index is 146. The zero-order valence-corrected chi connectivity index (χ0v) is 5.97. The van der Waals surface area contributed by atoms with Crippen molar-refractivity contribution in [2.75, 3.05) is 0 Å². The first-order valence-corrected chi connectivity index (χ1v) is 4.23. The largest absolute Gasteiger partial charge is 0.328 e. The summed E-state index contributed by atoms with van der Waals surface area (Å²) in [5.41, 5.74) is 7.71. The second-order valence-electron chi connectivity index (χ2n) is 2.73. The monoisotopic (exact) mass is 142 g/mol. The molecule has 3 atom stereocenters. The van der Waals surface area contributed by atoms with Gasteiger partial charge < -0.3 is 5.73 Å². The number of fused-ring (bicyclic) bond motifs is 1. The molecule has 1 aliphatic carbocycles. The number of rotatable bonds is 0. The van der Waals surface area contributed by atoms with Gasteiger partial charge in [0.2, 0.25) is 0 Å². The van der Waals surface area contributed by atoms with Crippen LogP contribution < -0.4 is 5.73 Å². The van der Waals surface area contributed by atoms with E-state index in [0.717, 1.165) is 18.1 Å². The van der Waals surface area contributed by atoms with Crippen LogP contribution in [0.2, 0.25) is 0 Å². The van der Waals surface area contributed by atoms with Crippen LogP contribution in [0.5, 0.6) is 0 Å². The van der Waals surface area contributed by atoms with Gasteiger partial charge in [-0.1, -0.05) is 0 Å². The standard InChI is InChI=1S/C6H10N2S/c7-4-1-5-6(2-4)9-3-8-5/h3-6H,1-2,7H2. The van der Waals surface area contributed by atoms with E-state index in [4.69, 9.17) is 5.73 Å². The topological polar surface area (TPSA) is 38.4 Å². The number of hydrogen-bond donors (Lipinski definition) is 1. The summed E-state index contributed by atoms with van der Waals surface area (Å²) >= 11 is 1.85. The summed E-state index contributed by atoms with van der Waals surface area (Å²) < 4.78 is 0. The van der Waals surface area contributed by atoms with Crippen molar-refractivity contribution in [1.82, 2.24) is 0 Å². The van der Waals surface area contributed by atoms with Crippen LogP contribution in [0.25, 0.3) is 0 Å². The maximum absolute atomic E-state index is 5.74. The lowest BCUT2D eigenvalue weighted by atomic mass is 10.2. The molecule has 0 saturated heterocycles. The Labute approximate surface area is 58.9 Å². The fourth-order valence-corrected chi connectivity index (χ4v) is 2.61. The van der Waals surface area contributed by atoms with Gasteiger partial charge in [0.05, 0.1) is 11.6 Å². The van der Waals surface area contributed by atoms with Crippen LogP contribution in [-0.4, -0.2) is 22.9 Å². The van der Waals surface area contributed by atoms with Gasteiger partial charge in [0, 0.05) is 11.3 Å². The van der Waals surface area contributed by atoms with Gasteiger partial charge in [-0.25, -0.2) is 0 Å². The molecule has 2 N–H and O–H groups in total. The molecule has 0 spiro atoms. The Hall–Kier alpha value is -0.0200. The van der Waals surface area contributed by atoms with Crippen molar-refractivity contribution < 1.29 is 0 Å². The second kappa shape index (κ2) is 1.99. The molecule has 0 bridgehead atoms. The Morgan fingerprint density at radius 3 is 3.22 bits per heavy atom. The van der Waals surface area contributed by atoms with E-state index in [1.165, 1.54) is 0 Å². The SMILES string of the molecule is NC1CC2N=CSC2C1. The molecule has 0 amide bonds. The lowest BCUT2D eigenvalue weighted by Gasteiger charge is -2.01. The van der Waals surface area contributed by atoms with Gasteiger partial charge in [-0.05, 0) is 12.8 Å². The Kier molecular flexibility index (Phi) is 1.27. The van der Waals surface area contributed by atoms with Crippen LogP contribution in [0.3, 0.4) is 0 Å². The van der Waals surface area contributed by atoms with E-state index in [2.05, 4.69) is 4.99 Å². The first-order valence-electron chi connectivity index (χ1n) is 3.29. The highest BCUT2D eigenvalue weighted by molar-refractivity contribution is 8.12. The maximum Gasteiger partial charge on any atom is 0.0643 e. The maximum atomic E-state index is 5.74. The highest BCUT2D eigenvalue weighted by Gasteiger charge is 2.34. The smallest absolute Gasteiger partial charge is 0.0643 e. The zero-order valence-electron chi connectivity index (χ0n) is 5.16. The van der Waals surface area contributed by atoms with Crippen LogP contribution in [0, 0.1) is 0 Å². The van der Waals surface area contributed by atoms with Crippen LogP contribution >= 0.6 is 11.8 Å². The first-order chi connectivity index (χ1) is 4.36. The van der Waals surface area contributed by atoms with Crippen molar-refractivity contribution >= 4 is 17.3 Å². The molecule has 1 heterocycles. The normalized spacial score (nSPS) is 47.9. The van der Waals surface area contributed by atoms with Crippen molar-refractivity contribution in [2.24, 2.45) is 10.7 Å². The first kappa shape index (κ1) is 5.74. The van der Waals surface area contributed by atoms with Crippen molar-refractivity contribution in [1.29, 1.82) is 0 Å². The number of hydrogen-bond acceptors (Lipinski definition) is 3. The van der Waals surface area contributed by atoms with Crippen LogP contribution in [0.1, 0.15) is 12.8 Å². The van der Waals surface area contributed by atoms with Gasteiger partial charge in [-0.3, -0.25) is 4.99 Å². The van der Waals surface area contributed by atoms with Crippen molar-refractivity contribution in [3.05, 3.63) is 0 Å². The van der Waals surface area contributed by atoms with E-state index in [1.807, 2.05) is 17.3 Å². The second-order valence-corrected chi connectivity index (χ2v) is 3.82. The molecule has 0 radical (unpaired) electrons. The molecule has 0 aromatic carbocycles. The summed E-state index contributed by atoms with van der Waals surface area (Å²) in [6, 6.07) is 0.981. The third kappa shape index (κ3) is 0.883. The average molecular weight is 142 g/mol. The van der Waals surface area contributed by atoms with E-state index in [1.54, 1.807) is 0 Å². The Morgan fingerprint density at radius 2 is 2.44 bits per heavy atom. The predicted molar refractivity (Wildman–Crippen MR) is 40.9 cm³/mol. The summed E-state index contributed by atoms with van der Waals surface area (Å²) in [6.45, 7) is 0. The minimum Gasteiger partial charge on any atom is -0.328 e. The minimum atomic E-state index is 0.421. The van der Waals surface area contributed by atoms with Crippen molar-refractivity contribution in [2.45, 2.75) is 30.2 Å². The molecule has 2 rings (SSSR count). The van der Waals surface area contributed by atoms with E-state index in [-0.39, 0.29) is 0 Å². The third-order valence-electron chi connectivity index (χ3n) is 2.00. The number of nitrogens with two attached hydrogens (primary N) is 1. The van der Waals surface area contributed by atoms with Gasteiger partial charge in [-0.2, -0.15) is 0 Å². The van der Waals surface area contributed by atoms with Crippen LogP contribution in [0.15, 0.2) is 4.99 Å². The summed E-state index contributed by atoms with van der Waals surface area (Å²) in [7, 11) is 0. The Morgan fingerprint density at radius 1 is 1.56 bits per heavy atom. The van der Waals surface area contributed by atoms with Crippen molar-refractivity contribution in [3.8, 4) is 0 Å². The average Bonchev–Trinajstić information content (AvgIpc) is 2.22. The third-order valence-corrected chi connectivity index (χ3v) is 3.10. The predicted octanol–water partition coefficient (Wildman–Crippen LogP) is 0.620. The molecule has 1 aliphatic heterocycles. The van der Waals surface area contributed by atoms with E-state index in [0.29, 0.717) is 12.1 Å². The highest BCUT2D eigenvalue weighted by atomic mass is 32.2. The summed E-state index contributed by atoms with van der Waals surface area (Å²) in [4.78, 5) is 4.31.